The van der Waals surface area contributed by atoms with E-state index in [1.165, 1.54) is 6.07 Å². The van der Waals surface area contributed by atoms with Gasteiger partial charge in [0.2, 0.25) is 0 Å². The number of nitrogens with one attached hydrogen (secondary N) is 1. The lowest BCUT2D eigenvalue weighted by Crippen LogP contribution is -2.14. The quantitative estimate of drug-likeness (QED) is 0.861. The number of ether oxygens (including phenoxy) is 1. The molecule has 0 unspecified atom stereocenters. The zero-order chi connectivity index (χ0) is 14.4. The SMILES string of the molecule is CC(C)Oc1cccc(CNCc2ccccc2F)c1. The van der Waals surface area contributed by atoms with Gasteiger partial charge in [0.05, 0.1) is 6.10 Å². The molecule has 2 rings (SSSR count). The standard InChI is InChI=1S/C17H20FNO/c1-13(2)20-16-8-5-6-14(10-16)11-19-12-15-7-3-4-9-17(15)18/h3-10,13,19H,11-12H2,1-2H3. The molecule has 0 amide bonds. The first kappa shape index (κ1) is 14.5. The average molecular weight is 273 g/mol. The average Bonchev–Trinajstić information content (AvgIpc) is 2.41. The van der Waals surface area contributed by atoms with Crippen molar-refractivity contribution in [3.05, 3.63) is 65.5 Å². The molecule has 0 aliphatic heterocycles. The molecule has 0 spiro atoms. The molecule has 2 aromatic rings. The summed E-state index contributed by atoms with van der Waals surface area (Å²) < 4.78 is 19.1. The van der Waals surface area contributed by atoms with Gasteiger partial charge < -0.3 is 10.1 Å². The molecule has 2 aromatic carbocycles. The molecule has 0 aliphatic rings. The maximum atomic E-state index is 13.5. The molecule has 106 valence electrons. The third-order valence-electron chi connectivity index (χ3n) is 2.87. The molecule has 20 heavy (non-hydrogen) atoms. The number of hydrogen-bond acceptors (Lipinski definition) is 2. The van der Waals surface area contributed by atoms with E-state index in [0.29, 0.717) is 18.7 Å². The van der Waals surface area contributed by atoms with E-state index in [0.717, 1.165) is 11.3 Å². The van der Waals surface area contributed by atoms with E-state index >= 15 is 0 Å². The third kappa shape index (κ3) is 4.35. The van der Waals surface area contributed by atoms with Crippen LogP contribution in [0.2, 0.25) is 0 Å². The lowest BCUT2D eigenvalue weighted by molar-refractivity contribution is 0.242. The molecule has 0 aromatic heterocycles. The minimum absolute atomic E-state index is 0.164. The zero-order valence-electron chi connectivity index (χ0n) is 11.9. The number of hydrogen-bond donors (Lipinski definition) is 1. The number of halogens is 1. The van der Waals surface area contributed by atoms with Crippen molar-refractivity contribution in [2.24, 2.45) is 0 Å². The van der Waals surface area contributed by atoms with Crippen molar-refractivity contribution in [3.63, 3.8) is 0 Å². The molecule has 0 saturated carbocycles. The Balaban J connectivity index is 1.89. The Morgan fingerprint density at radius 2 is 1.85 bits per heavy atom. The van der Waals surface area contributed by atoms with Crippen molar-refractivity contribution in [3.8, 4) is 5.75 Å². The van der Waals surface area contributed by atoms with Gasteiger partial charge in [-0.1, -0.05) is 30.3 Å². The highest BCUT2D eigenvalue weighted by Crippen LogP contribution is 2.15. The first-order valence-corrected chi connectivity index (χ1v) is 6.85. The van der Waals surface area contributed by atoms with Gasteiger partial charge >= 0.3 is 0 Å². The van der Waals surface area contributed by atoms with Crippen molar-refractivity contribution < 1.29 is 9.13 Å². The van der Waals surface area contributed by atoms with E-state index in [4.69, 9.17) is 4.74 Å². The highest BCUT2D eigenvalue weighted by atomic mass is 19.1. The van der Waals surface area contributed by atoms with Crippen LogP contribution in [0.15, 0.2) is 48.5 Å². The van der Waals surface area contributed by atoms with Crippen LogP contribution in [0.1, 0.15) is 25.0 Å². The summed E-state index contributed by atoms with van der Waals surface area (Å²) in [4.78, 5) is 0. The lowest BCUT2D eigenvalue weighted by atomic mass is 10.2. The van der Waals surface area contributed by atoms with E-state index < -0.39 is 0 Å². The van der Waals surface area contributed by atoms with Gasteiger partial charge in [-0.2, -0.15) is 0 Å². The molecule has 0 saturated heterocycles. The van der Waals surface area contributed by atoms with Crippen LogP contribution in [-0.4, -0.2) is 6.10 Å². The fourth-order valence-electron chi connectivity index (χ4n) is 1.98. The summed E-state index contributed by atoms with van der Waals surface area (Å²) in [7, 11) is 0. The van der Waals surface area contributed by atoms with Gasteiger partial charge in [0, 0.05) is 18.7 Å². The Morgan fingerprint density at radius 1 is 1.05 bits per heavy atom. The van der Waals surface area contributed by atoms with Crippen LogP contribution in [0.5, 0.6) is 5.75 Å². The van der Waals surface area contributed by atoms with Crippen molar-refractivity contribution >= 4 is 0 Å². The Kier molecular flexibility index (Phi) is 5.13. The molecule has 0 aliphatic carbocycles. The second-order valence-electron chi connectivity index (χ2n) is 5.01. The minimum Gasteiger partial charge on any atom is -0.491 e. The second-order valence-corrected chi connectivity index (χ2v) is 5.01. The fraction of sp³-hybridized carbons (Fsp3) is 0.294. The largest absolute Gasteiger partial charge is 0.491 e. The predicted octanol–water partition coefficient (Wildman–Crippen LogP) is 3.90. The molecule has 0 fully saturated rings. The maximum absolute atomic E-state index is 13.5. The van der Waals surface area contributed by atoms with Gasteiger partial charge in [0.1, 0.15) is 11.6 Å². The summed E-state index contributed by atoms with van der Waals surface area (Å²) >= 11 is 0. The molecule has 0 bridgehead atoms. The molecule has 0 atom stereocenters. The van der Waals surface area contributed by atoms with Gasteiger partial charge in [-0.25, -0.2) is 4.39 Å². The Hall–Kier alpha value is -1.87. The first-order valence-electron chi connectivity index (χ1n) is 6.85. The molecular weight excluding hydrogens is 253 g/mol. The van der Waals surface area contributed by atoms with Crippen molar-refractivity contribution in [2.45, 2.75) is 33.0 Å². The van der Waals surface area contributed by atoms with E-state index in [-0.39, 0.29) is 11.9 Å². The molecule has 0 heterocycles. The molecule has 0 radical (unpaired) electrons. The van der Waals surface area contributed by atoms with Crippen molar-refractivity contribution in [2.75, 3.05) is 0 Å². The summed E-state index contributed by atoms with van der Waals surface area (Å²) in [6.07, 6.45) is 0.164. The summed E-state index contributed by atoms with van der Waals surface area (Å²) in [6, 6.07) is 14.8. The van der Waals surface area contributed by atoms with E-state index in [2.05, 4.69) is 5.32 Å². The molecule has 1 N–H and O–H groups in total. The zero-order valence-corrected chi connectivity index (χ0v) is 11.9. The Labute approximate surface area is 119 Å². The molecule has 2 nitrogen and oxygen atoms in total. The summed E-state index contributed by atoms with van der Waals surface area (Å²) in [5.41, 5.74) is 1.81. The second kappa shape index (κ2) is 7.06. The van der Waals surface area contributed by atoms with Crippen LogP contribution < -0.4 is 10.1 Å². The van der Waals surface area contributed by atoms with E-state index in [1.54, 1.807) is 12.1 Å². The number of rotatable bonds is 6. The highest BCUT2D eigenvalue weighted by Gasteiger charge is 2.02. The smallest absolute Gasteiger partial charge is 0.127 e. The van der Waals surface area contributed by atoms with E-state index in [1.807, 2.05) is 44.2 Å². The minimum atomic E-state index is -0.170. The predicted molar refractivity (Wildman–Crippen MR) is 79.1 cm³/mol. The molecule has 3 heteroatoms. The third-order valence-corrected chi connectivity index (χ3v) is 2.87. The van der Waals surface area contributed by atoms with E-state index in [9.17, 15) is 4.39 Å². The van der Waals surface area contributed by atoms with Crippen LogP contribution in [0.25, 0.3) is 0 Å². The first-order chi connectivity index (χ1) is 9.65. The normalized spacial score (nSPS) is 10.8. The van der Waals surface area contributed by atoms with Crippen LogP contribution in [0.4, 0.5) is 4.39 Å². The van der Waals surface area contributed by atoms with Crippen molar-refractivity contribution in [1.82, 2.24) is 5.32 Å². The Bertz CT molecular complexity index is 554. The summed E-state index contributed by atoms with van der Waals surface area (Å²) in [5.74, 6) is 0.696. The fourth-order valence-corrected chi connectivity index (χ4v) is 1.98. The van der Waals surface area contributed by atoms with Gasteiger partial charge in [-0.05, 0) is 37.6 Å². The maximum Gasteiger partial charge on any atom is 0.127 e. The monoisotopic (exact) mass is 273 g/mol. The van der Waals surface area contributed by atoms with Gasteiger partial charge in [-0.3, -0.25) is 0 Å². The van der Waals surface area contributed by atoms with Crippen LogP contribution in [-0.2, 0) is 13.1 Å². The Morgan fingerprint density at radius 3 is 2.60 bits per heavy atom. The van der Waals surface area contributed by atoms with Gasteiger partial charge in [-0.15, -0.1) is 0 Å². The van der Waals surface area contributed by atoms with Crippen LogP contribution >= 0.6 is 0 Å². The van der Waals surface area contributed by atoms with Gasteiger partial charge in [0.25, 0.3) is 0 Å². The topological polar surface area (TPSA) is 21.3 Å². The number of benzene rings is 2. The summed E-state index contributed by atoms with van der Waals surface area (Å²) in [6.45, 7) is 5.21. The summed E-state index contributed by atoms with van der Waals surface area (Å²) in [5, 5.41) is 3.24. The van der Waals surface area contributed by atoms with Crippen LogP contribution in [0.3, 0.4) is 0 Å². The van der Waals surface area contributed by atoms with Crippen molar-refractivity contribution in [1.29, 1.82) is 0 Å². The van der Waals surface area contributed by atoms with Crippen LogP contribution in [0, 0.1) is 5.82 Å². The highest BCUT2D eigenvalue weighted by molar-refractivity contribution is 5.28. The molecular formula is C17H20FNO. The van der Waals surface area contributed by atoms with Gasteiger partial charge in [0.15, 0.2) is 0 Å². The lowest BCUT2D eigenvalue weighted by Gasteiger charge is -2.11.